The number of hydrogen-bond acceptors (Lipinski definition) is 2. The number of rotatable bonds is 1. The van der Waals surface area contributed by atoms with Gasteiger partial charge in [0.15, 0.2) is 0 Å². The molecule has 3 rings (SSSR count). The summed E-state index contributed by atoms with van der Waals surface area (Å²) in [4.78, 5) is 14.8. The molecule has 4 heteroatoms. The molecule has 0 spiro atoms. The molecule has 0 amide bonds. The molecule has 0 aliphatic carbocycles. The van der Waals surface area contributed by atoms with E-state index in [1.807, 2.05) is 29.7 Å². The van der Waals surface area contributed by atoms with Crippen molar-refractivity contribution in [2.24, 2.45) is 0 Å². The summed E-state index contributed by atoms with van der Waals surface area (Å²) in [5.74, 6) is 0. The molecule has 0 saturated carbocycles. The molecule has 1 fully saturated rings. The second-order valence-corrected chi connectivity index (χ2v) is 4.29. The minimum atomic E-state index is -0.0280. The average Bonchev–Trinajstić information content (AvgIpc) is 2.84. The van der Waals surface area contributed by atoms with Crippen molar-refractivity contribution >= 4 is 11.0 Å². The molecule has 84 valence electrons. The van der Waals surface area contributed by atoms with E-state index < -0.39 is 0 Å². The molecular weight excluding hydrogens is 204 g/mol. The molecule has 1 aromatic carbocycles. The lowest BCUT2D eigenvalue weighted by Crippen LogP contribution is -2.22. The van der Waals surface area contributed by atoms with Gasteiger partial charge in [-0.1, -0.05) is 12.1 Å². The number of benzene rings is 1. The SMILES string of the molecule is Cc1cccc2[nH]c(=O)n(C3CCOC3)c12. The Labute approximate surface area is 92.8 Å². The van der Waals surface area contributed by atoms with Crippen LogP contribution in [0.15, 0.2) is 23.0 Å². The van der Waals surface area contributed by atoms with Gasteiger partial charge in [0, 0.05) is 6.61 Å². The first-order valence-corrected chi connectivity index (χ1v) is 5.55. The zero-order valence-corrected chi connectivity index (χ0v) is 9.19. The fraction of sp³-hybridized carbons (Fsp3) is 0.417. The van der Waals surface area contributed by atoms with E-state index in [4.69, 9.17) is 4.74 Å². The molecule has 1 N–H and O–H groups in total. The number of fused-ring (bicyclic) bond motifs is 1. The maximum atomic E-state index is 11.9. The first-order chi connectivity index (χ1) is 7.77. The standard InChI is InChI=1S/C12H14N2O2/c1-8-3-2-4-10-11(8)14(12(15)13-10)9-5-6-16-7-9/h2-4,9H,5-7H2,1H3,(H,13,15). The highest BCUT2D eigenvalue weighted by molar-refractivity contribution is 5.78. The molecule has 2 heterocycles. The normalized spacial score (nSPS) is 20.7. The van der Waals surface area contributed by atoms with Crippen molar-refractivity contribution in [2.45, 2.75) is 19.4 Å². The lowest BCUT2D eigenvalue weighted by atomic mass is 10.2. The fourth-order valence-corrected chi connectivity index (χ4v) is 2.43. The molecule has 1 aromatic heterocycles. The quantitative estimate of drug-likeness (QED) is 0.790. The van der Waals surface area contributed by atoms with Crippen LogP contribution in [0.4, 0.5) is 0 Å². The number of aromatic nitrogens is 2. The van der Waals surface area contributed by atoms with E-state index in [1.54, 1.807) is 0 Å². The molecule has 1 atom stereocenters. The average molecular weight is 218 g/mol. The molecule has 0 bridgehead atoms. The third-order valence-electron chi connectivity index (χ3n) is 3.21. The van der Waals surface area contributed by atoms with Gasteiger partial charge in [0.2, 0.25) is 0 Å². The Morgan fingerprint density at radius 2 is 2.38 bits per heavy atom. The van der Waals surface area contributed by atoms with Gasteiger partial charge in [0.25, 0.3) is 0 Å². The van der Waals surface area contributed by atoms with Crippen molar-refractivity contribution in [2.75, 3.05) is 13.2 Å². The van der Waals surface area contributed by atoms with Crippen LogP contribution >= 0.6 is 0 Å². The van der Waals surface area contributed by atoms with E-state index in [0.29, 0.717) is 6.61 Å². The predicted molar refractivity (Wildman–Crippen MR) is 61.8 cm³/mol. The minimum Gasteiger partial charge on any atom is -0.379 e. The van der Waals surface area contributed by atoms with E-state index in [9.17, 15) is 4.79 Å². The van der Waals surface area contributed by atoms with Crippen LogP contribution in [0.1, 0.15) is 18.0 Å². The summed E-state index contributed by atoms with van der Waals surface area (Å²) in [6.45, 7) is 3.42. The molecular formula is C12H14N2O2. The second-order valence-electron chi connectivity index (χ2n) is 4.29. The van der Waals surface area contributed by atoms with Gasteiger partial charge in [-0.05, 0) is 25.0 Å². The lowest BCUT2D eigenvalue weighted by molar-refractivity contribution is 0.186. The Morgan fingerprint density at radius 1 is 1.50 bits per heavy atom. The van der Waals surface area contributed by atoms with Crippen LogP contribution in [0.3, 0.4) is 0 Å². The molecule has 4 nitrogen and oxygen atoms in total. The lowest BCUT2D eigenvalue weighted by Gasteiger charge is -2.10. The Balaban J connectivity index is 2.29. The van der Waals surface area contributed by atoms with E-state index >= 15 is 0 Å². The van der Waals surface area contributed by atoms with Gasteiger partial charge in [-0.2, -0.15) is 0 Å². The van der Waals surface area contributed by atoms with Crippen LogP contribution in [0.25, 0.3) is 11.0 Å². The molecule has 2 aromatic rings. The van der Waals surface area contributed by atoms with Gasteiger partial charge in [0.1, 0.15) is 0 Å². The Morgan fingerprint density at radius 3 is 3.12 bits per heavy atom. The van der Waals surface area contributed by atoms with Crippen molar-refractivity contribution in [1.82, 2.24) is 9.55 Å². The van der Waals surface area contributed by atoms with Gasteiger partial charge in [-0.15, -0.1) is 0 Å². The largest absolute Gasteiger partial charge is 0.379 e. The highest BCUT2D eigenvalue weighted by Crippen LogP contribution is 2.23. The number of para-hydroxylation sites is 1. The topological polar surface area (TPSA) is 47.0 Å². The number of imidazole rings is 1. The van der Waals surface area contributed by atoms with E-state index in [2.05, 4.69) is 4.98 Å². The van der Waals surface area contributed by atoms with E-state index in [0.717, 1.165) is 29.6 Å². The van der Waals surface area contributed by atoms with Gasteiger partial charge in [0.05, 0.1) is 23.7 Å². The molecule has 1 aliphatic rings. The molecule has 1 unspecified atom stereocenters. The highest BCUT2D eigenvalue weighted by atomic mass is 16.5. The minimum absolute atomic E-state index is 0.0280. The van der Waals surface area contributed by atoms with Crippen LogP contribution in [0.2, 0.25) is 0 Å². The van der Waals surface area contributed by atoms with Crippen LogP contribution in [0, 0.1) is 6.92 Å². The molecule has 1 saturated heterocycles. The van der Waals surface area contributed by atoms with E-state index in [1.165, 1.54) is 0 Å². The molecule has 0 radical (unpaired) electrons. The number of ether oxygens (including phenoxy) is 1. The maximum Gasteiger partial charge on any atom is 0.326 e. The van der Waals surface area contributed by atoms with Gasteiger partial charge >= 0.3 is 5.69 Å². The number of nitrogens with zero attached hydrogens (tertiary/aromatic N) is 1. The third-order valence-corrected chi connectivity index (χ3v) is 3.21. The molecule has 1 aliphatic heterocycles. The predicted octanol–water partition coefficient (Wildman–Crippen LogP) is 1.60. The smallest absolute Gasteiger partial charge is 0.326 e. The van der Waals surface area contributed by atoms with Crippen molar-refractivity contribution < 1.29 is 4.74 Å². The molecule has 16 heavy (non-hydrogen) atoms. The van der Waals surface area contributed by atoms with E-state index in [-0.39, 0.29) is 11.7 Å². The summed E-state index contributed by atoms with van der Waals surface area (Å²) < 4.78 is 7.20. The highest BCUT2D eigenvalue weighted by Gasteiger charge is 2.22. The van der Waals surface area contributed by atoms with Crippen LogP contribution < -0.4 is 5.69 Å². The Bertz CT molecular complexity index is 576. The third kappa shape index (κ3) is 1.30. The van der Waals surface area contributed by atoms with Crippen LogP contribution in [0.5, 0.6) is 0 Å². The van der Waals surface area contributed by atoms with Crippen molar-refractivity contribution in [3.63, 3.8) is 0 Å². The summed E-state index contributed by atoms with van der Waals surface area (Å²) >= 11 is 0. The van der Waals surface area contributed by atoms with Crippen molar-refractivity contribution in [3.05, 3.63) is 34.2 Å². The second kappa shape index (κ2) is 3.49. The summed E-state index contributed by atoms with van der Waals surface area (Å²) in [5.41, 5.74) is 3.03. The maximum absolute atomic E-state index is 11.9. The summed E-state index contributed by atoms with van der Waals surface area (Å²) in [7, 11) is 0. The van der Waals surface area contributed by atoms with Crippen LogP contribution in [-0.2, 0) is 4.74 Å². The van der Waals surface area contributed by atoms with Crippen molar-refractivity contribution in [3.8, 4) is 0 Å². The zero-order valence-electron chi connectivity index (χ0n) is 9.19. The summed E-state index contributed by atoms with van der Waals surface area (Å²) in [6.07, 6.45) is 0.918. The number of aryl methyl sites for hydroxylation is 1. The Hall–Kier alpha value is -1.55. The fourth-order valence-electron chi connectivity index (χ4n) is 2.43. The number of H-pyrrole nitrogens is 1. The number of hydrogen-bond donors (Lipinski definition) is 1. The zero-order chi connectivity index (χ0) is 11.1. The summed E-state index contributed by atoms with van der Waals surface area (Å²) in [5, 5.41) is 0. The number of aromatic amines is 1. The Kier molecular flexibility index (Phi) is 2.11. The first-order valence-electron chi connectivity index (χ1n) is 5.55. The van der Waals surface area contributed by atoms with Gasteiger partial charge in [-0.25, -0.2) is 4.79 Å². The van der Waals surface area contributed by atoms with Gasteiger partial charge < -0.3 is 9.72 Å². The van der Waals surface area contributed by atoms with Crippen LogP contribution in [-0.4, -0.2) is 22.8 Å². The van der Waals surface area contributed by atoms with Crippen molar-refractivity contribution in [1.29, 1.82) is 0 Å². The first kappa shape index (κ1) is 9.66. The number of nitrogens with one attached hydrogen (secondary N) is 1. The van der Waals surface area contributed by atoms with Gasteiger partial charge in [-0.3, -0.25) is 4.57 Å². The summed E-state index contributed by atoms with van der Waals surface area (Å²) in [6, 6.07) is 6.11. The monoisotopic (exact) mass is 218 g/mol.